The first-order chi connectivity index (χ1) is 5.00. The lowest BCUT2D eigenvalue weighted by Crippen LogP contribution is -2.09. The van der Waals surface area contributed by atoms with E-state index < -0.39 is 7.60 Å². The highest BCUT2D eigenvalue weighted by atomic mass is 31.2. The van der Waals surface area contributed by atoms with Crippen molar-refractivity contribution in [3.8, 4) is 0 Å². The highest BCUT2D eigenvalue weighted by Crippen LogP contribution is 2.31. The van der Waals surface area contributed by atoms with E-state index >= 15 is 0 Å². The summed E-state index contributed by atoms with van der Waals surface area (Å²) in [5, 5.41) is 0. The Balaban J connectivity index is 3.17. The van der Waals surface area contributed by atoms with E-state index in [9.17, 15) is 4.57 Å². The van der Waals surface area contributed by atoms with Crippen LogP contribution in [0.25, 0.3) is 0 Å². The average Bonchev–Trinajstić information content (AvgIpc) is 1.86. The second-order valence-electron chi connectivity index (χ2n) is 2.18. The van der Waals surface area contributed by atoms with E-state index in [1.807, 2.05) is 0 Å². The molecule has 1 rings (SSSR count). The summed E-state index contributed by atoms with van der Waals surface area (Å²) in [5.74, 6) is 0. The Hall–Kier alpha value is -0.700. The smallest absolute Gasteiger partial charge is 0.320 e. The third-order valence-corrected chi connectivity index (χ3v) is 2.02. The van der Waals surface area contributed by atoms with E-state index in [0.29, 0.717) is 5.69 Å². The molecule has 0 radical (unpaired) electrons. The fourth-order valence-electron chi connectivity index (χ4n) is 0.691. The van der Waals surface area contributed by atoms with Crippen molar-refractivity contribution in [1.82, 2.24) is 4.98 Å². The second-order valence-corrected chi connectivity index (χ2v) is 3.73. The van der Waals surface area contributed by atoms with Crippen molar-refractivity contribution in [2.45, 2.75) is 6.92 Å². The van der Waals surface area contributed by atoms with E-state index in [4.69, 9.17) is 9.79 Å². The summed E-state index contributed by atoms with van der Waals surface area (Å²) in [6, 6.07) is 4.56. The van der Waals surface area contributed by atoms with Crippen molar-refractivity contribution in [2.75, 3.05) is 0 Å². The van der Waals surface area contributed by atoms with Crippen LogP contribution in [0.4, 0.5) is 0 Å². The maximum absolute atomic E-state index is 10.6. The van der Waals surface area contributed by atoms with Crippen molar-refractivity contribution < 1.29 is 14.4 Å². The third-order valence-electron chi connectivity index (χ3n) is 1.17. The molecule has 0 aliphatic rings. The molecular weight excluding hydrogens is 165 g/mol. The van der Waals surface area contributed by atoms with Gasteiger partial charge < -0.3 is 9.79 Å². The Morgan fingerprint density at radius 3 is 2.45 bits per heavy atom. The fraction of sp³-hybridized carbons (Fsp3) is 0.167. The molecule has 1 heterocycles. The van der Waals surface area contributed by atoms with Gasteiger partial charge in [0.15, 0.2) is 5.44 Å². The Labute approximate surface area is 64.1 Å². The van der Waals surface area contributed by atoms with E-state index in [-0.39, 0.29) is 5.44 Å². The van der Waals surface area contributed by atoms with Crippen LogP contribution in [0.15, 0.2) is 18.2 Å². The van der Waals surface area contributed by atoms with Crippen LogP contribution in [0.1, 0.15) is 5.69 Å². The van der Waals surface area contributed by atoms with E-state index in [0.717, 1.165) is 0 Å². The minimum absolute atomic E-state index is 0.169. The first-order valence-corrected chi connectivity index (χ1v) is 4.61. The summed E-state index contributed by atoms with van der Waals surface area (Å²) in [7, 11) is -4.16. The number of aromatic nitrogens is 1. The van der Waals surface area contributed by atoms with E-state index in [1.165, 1.54) is 6.07 Å². The summed E-state index contributed by atoms with van der Waals surface area (Å²) < 4.78 is 10.6. The maximum Gasteiger partial charge on any atom is 0.374 e. The lowest BCUT2D eigenvalue weighted by atomic mass is 10.4. The van der Waals surface area contributed by atoms with Crippen molar-refractivity contribution >= 4 is 13.0 Å². The normalized spacial score (nSPS) is 11.5. The molecule has 0 spiro atoms. The van der Waals surface area contributed by atoms with Crippen LogP contribution in [0.2, 0.25) is 0 Å². The van der Waals surface area contributed by atoms with Crippen molar-refractivity contribution in [2.24, 2.45) is 0 Å². The van der Waals surface area contributed by atoms with Gasteiger partial charge in [0.2, 0.25) is 0 Å². The Morgan fingerprint density at radius 1 is 1.45 bits per heavy atom. The van der Waals surface area contributed by atoms with Gasteiger partial charge in [-0.3, -0.25) is 4.57 Å². The zero-order valence-corrected chi connectivity index (χ0v) is 6.82. The molecular formula is C6H8NO3P. The van der Waals surface area contributed by atoms with Gasteiger partial charge >= 0.3 is 7.60 Å². The summed E-state index contributed by atoms with van der Waals surface area (Å²) in [6.07, 6.45) is 0. The molecule has 0 bridgehead atoms. The fourth-order valence-corrected chi connectivity index (χ4v) is 1.26. The standard InChI is InChI=1S/C6H8NO3P/c1-5-3-2-4-6(7-5)11(8,9)10/h2-4H,1H3,(H2,8,9,10). The first kappa shape index (κ1) is 8.40. The number of nitrogens with zero attached hydrogens (tertiary/aromatic N) is 1. The molecule has 0 amide bonds. The number of pyridine rings is 1. The minimum Gasteiger partial charge on any atom is -0.320 e. The van der Waals surface area contributed by atoms with Crippen LogP contribution in [0, 0.1) is 6.92 Å². The number of rotatable bonds is 1. The molecule has 4 nitrogen and oxygen atoms in total. The largest absolute Gasteiger partial charge is 0.374 e. The molecule has 5 heteroatoms. The second kappa shape index (κ2) is 2.74. The van der Waals surface area contributed by atoms with Crippen LogP contribution in [-0.2, 0) is 4.57 Å². The molecule has 0 aliphatic carbocycles. The van der Waals surface area contributed by atoms with Gasteiger partial charge in [-0.1, -0.05) is 6.07 Å². The monoisotopic (exact) mass is 173 g/mol. The summed E-state index contributed by atoms with van der Waals surface area (Å²) in [4.78, 5) is 21.0. The molecule has 60 valence electrons. The zero-order chi connectivity index (χ0) is 8.48. The summed E-state index contributed by atoms with van der Waals surface area (Å²) in [6.45, 7) is 1.68. The van der Waals surface area contributed by atoms with Crippen molar-refractivity contribution in [3.63, 3.8) is 0 Å². The molecule has 0 fully saturated rings. The van der Waals surface area contributed by atoms with Gasteiger partial charge in [0.1, 0.15) is 0 Å². The molecule has 11 heavy (non-hydrogen) atoms. The Morgan fingerprint density at radius 2 is 2.09 bits per heavy atom. The van der Waals surface area contributed by atoms with Gasteiger partial charge in [0.25, 0.3) is 0 Å². The topological polar surface area (TPSA) is 70.4 Å². The number of aryl methyl sites for hydroxylation is 1. The molecule has 0 aliphatic heterocycles. The van der Waals surface area contributed by atoms with Gasteiger partial charge in [-0.05, 0) is 19.1 Å². The third kappa shape index (κ3) is 2.12. The van der Waals surface area contributed by atoms with Crippen molar-refractivity contribution in [3.05, 3.63) is 23.9 Å². The molecule has 0 atom stereocenters. The van der Waals surface area contributed by atoms with Gasteiger partial charge in [0, 0.05) is 5.69 Å². The minimum atomic E-state index is -4.16. The first-order valence-electron chi connectivity index (χ1n) is 3.00. The van der Waals surface area contributed by atoms with Gasteiger partial charge in [-0.2, -0.15) is 0 Å². The lowest BCUT2D eigenvalue weighted by Gasteiger charge is -2.01. The molecule has 2 N–H and O–H groups in total. The summed E-state index contributed by atoms with van der Waals surface area (Å²) >= 11 is 0. The summed E-state index contributed by atoms with van der Waals surface area (Å²) in [5.41, 5.74) is 0.434. The maximum atomic E-state index is 10.6. The number of hydrogen-bond acceptors (Lipinski definition) is 2. The molecule has 1 aromatic heterocycles. The Bertz CT molecular complexity index is 306. The predicted octanol–water partition coefficient (Wildman–Crippen LogP) is 0.193. The van der Waals surface area contributed by atoms with Gasteiger partial charge in [-0.25, -0.2) is 4.98 Å². The van der Waals surface area contributed by atoms with Crippen molar-refractivity contribution in [1.29, 1.82) is 0 Å². The molecule has 1 aromatic rings. The van der Waals surface area contributed by atoms with Gasteiger partial charge in [-0.15, -0.1) is 0 Å². The highest BCUT2D eigenvalue weighted by molar-refractivity contribution is 7.60. The zero-order valence-electron chi connectivity index (χ0n) is 5.93. The average molecular weight is 173 g/mol. The van der Waals surface area contributed by atoms with Crippen LogP contribution < -0.4 is 5.44 Å². The molecule has 0 aromatic carbocycles. The quantitative estimate of drug-likeness (QED) is 0.595. The molecule has 0 saturated heterocycles. The van der Waals surface area contributed by atoms with Gasteiger partial charge in [0.05, 0.1) is 0 Å². The predicted molar refractivity (Wildman–Crippen MR) is 40.7 cm³/mol. The van der Waals surface area contributed by atoms with Crippen LogP contribution in [-0.4, -0.2) is 14.8 Å². The van der Waals surface area contributed by atoms with E-state index in [2.05, 4.69) is 4.98 Å². The SMILES string of the molecule is Cc1cccc(P(=O)(O)O)n1. The molecule has 0 unspecified atom stereocenters. The van der Waals surface area contributed by atoms with Crippen LogP contribution in [0.5, 0.6) is 0 Å². The number of hydrogen-bond donors (Lipinski definition) is 2. The Kier molecular flexibility index (Phi) is 2.09. The highest BCUT2D eigenvalue weighted by Gasteiger charge is 2.17. The van der Waals surface area contributed by atoms with E-state index in [1.54, 1.807) is 19.1 Å². The van der Waals surface area contributed by atoms with Crippen LogP contribution in [0.3, 0.4) is 0 Å². The van der Waals surface area contributed by atoms with Crippen LogP contribution >= 0.6 is 7.60 Å². The lowest BCUT2D eigenvalue weighted by molar-refractivity contribution is 0.386. The molecule has 0 saturated carbocycles.